The molecule has 15 heavy (non-hydrogen) atoms. The van der Waals surface area contributed by atoms with E-state index in [1.807, 2.05) is 0 Å². The molecule has 0 aromatic heterocycles. The van der Waals surface area contributed by atoms with Gasteiger partial charge in [-0.25, -0.2) is 9.59 Å². The van der Waals surface area contributed by atoms with Crippen LogP contribution in [0.25, 0.3) is 0 Å². The molecular weight excluding hydrogens is 222 g/mol. The molecule has 0 aliphatic heterocycles. The first kappa shape index (κ1) is 12.9. The van der Waals surface area contributed by atoms with Crippen LogP contribution in [0, 0.1) is 11.3 Å². The molecule has 0 saturated heterocycles. The first-order chi connectivity index (χ1) is 6.56. The molecule has 6 heteroatoms. The largest absolute Gasteiger partial charge is 0.478 e. The second kappa shape index (κ2) is 4.98. The quantitative estimate of drug-likeness (QED) is 0.795. The number of nitriles is 1. The third-order valence-corrected chi connectivity index (χ3v) is 1.62. The molecule has 0 unspecified atom stereocenters. The van der Waals surface area contributed by atoms with Crippen molar-refractivity contribution < 1.29 is 19.8 Å². The second-order valence-corrected chi connectivity index (χ2v) is 2.48. The van der Waals surface area contributed by atoms with E-state index in [-0.39, 0.29) is 29.1 Å². The van der Waals surface area contributed by atoms with Crippen LogP contribution >= 0.6 is 12.4 Å². The zero-order valence-corrected chi connectivity index (χ0v) is 8.11. The Kier molecular flexibility index (Phi) is 4.30. The summed E-state index contributed by atoms with van der Waals surface area (Å²) in [5.41, 5.74) is -0.457. The molecule has 2 N–H and O–H groups in total. The van der Waals surface area contributed by atoms with Gasteiger partial charge in [0.05, 0.1) is 16.7 Å². The zero-order valence-electron chi connectivity index (χ0n) is 7.30. The predicted molar refractivity (Wildman–Crippen MR) is 52.3 cm³/mol. The number of hydrogen-bond donors (Lipinski definition) is 2. The van der Waals surface area contributed by atoms with Crippen LogP contribution in [0.2, 0.25) is 0 Å². The molecule has 1 aromatic carbocycles. The summed E-state index contributed by atoms with van der Waals surface area (Å²) in [6.07, 6.45) is 0. The van der Waals surface area contributed by atoms with Gasteiger partial charge in [-0.1, -0.05) is 0 Å². The van der Waals surface area contributed by atoms with Gasteiger partial charge < -0.3 is 10.2 Å². The van der Waals surface area contributed by atoms with Crippen molar-refractivity contribution in [2.24, 2.45) is 0 Å². The van der Waals surface area contributed by atoms with E-state index in [1.165, 1.54) is 0 Å². The standard InChI is InChI=1S/C9H5NO4.ClH/c10-4-6-3-5(8(11)12)1-2-7(6)9(13)14;/h1-3H,(H,11,12)(H,13,14);1H. The minimum absolute atomic E-state index is 0. The normalized spacial score (nSPS) is 8.47. The number of halogens is 1. The molecule has 0 saturated carbocycles. The van der Waals surface area contributed by atoms with Gasteiger partial charge in [-0.2, -0.15) is 5.26 Å². The smallest absolute Gasteiger partial charge is 0.337 e. The van der Waals surface area contributed by atoms with Crippen molar-refractivity contribution in [3.05, 3.63) is 34.9 Å². The number of carboxylic acids is 2. The number of carboxylic acid groups (broad SMARTS) is 2. The van der Waals surface area contributed by atoms with Crippen molar-refractivity contribution >= 4 is 24.3 Å². The van der Waals surface area contributed by atoms with E-state index in [4.69, 9.17) is 15.5 Å². The second-order valence-electron chi connectivity index (χ2n) is 2.48. The Labute approximate surface area is 91.0 Å². The lowest BCUT2D eigenvalue weighted by Gasteiger charge is -1.99. The third-order valence-electron chi connectivity index (χ3n) is 1.62. The molecule has 0 heterocycles. The Morgan fingerprint density at radius 3 is 2.20 bits per heavy atom. The summed E-state index contributed by atoms with van der Waals surface area (Å²) >= 11 is 0. The van der Waals surface area contributed by atoms with Gasteiger partial charge in [0.2, 0.25) is 0 Å². The molecule has 0 aliphatic carbocycles. The molecule has 78 valence electrons. The summed E-state index contributed by atoms with van der Waals surface area (Å²) in [7, 11) is 0. The molecule has 1 rings (SSSR count). The Morgan fingerprint density at radius 2 is 1.80 bits per heavy atom. The van der Waals surface area contributed by atoms with E-state index >= 15 is 0 Å². The van der Waals surface area contributed by atoms with Crippen molar-refractivity contribution in [2.75, 3.05) is 0 Å². The van der Waals surface area contributed by atoms with E-state index in [0.29, 0.717) is 0 Å². The molecule has 0 fully saturated rings. The molecule has 0 radical (unpaired) electrons. The number of aromatic carboxylic acids is 2. The monoisotopic (exact) mass is 227 g/mol. The minimum atomic E-state index is -1.25. The highest BCUT2D eigenvalue weighted by molar-refractivity contribution is 5.94. The summed E-state index contributed by atoms with van der Waals surface area (Å²) in [6.45, 7) is 0. The van der Waals surface area contributed by atoms with Crippen LogP contribution in [0.1, 0.15) is 26.3 Å². The highest BCUT2D eigenvalue weighted by Crippen LogP contribution is 2.11. The van der Waals surface area contributed by atoms with Crippen molar-refractivity contribution in [3.63, 3.8) is 0 Å². The zero-order chi connectivity index (χ0) is 10.7. The Bertz CT molecular complexity index is 450. The lowest BCUT2D eigenvalue weighted by atomic mass is 10.1. The van der Waals surface area contributed by atoms with Gasteiger partial charge >= 0.3 is 11.9 Å². The lowest BCUT2D eigenvalue weighted by molar-refractivity contribution is 0.0681. The lowest BCUT2D eigenvalue weighted by Crippen LogP contribution is -2.03. The maximum atomic E-state index is 10.6. The highest BCUT2D eigenvalue weighted by atomic mass is 35.5. The average molecular weight is 228 g/mol. The third kappa shape index (κ3) is 2.69. The van der Waals surface area contributed by atoms with Gasteiger partial charge in [-0.15, -0.1) is 12.4 Å². The van der Waals surface area contributed by atoms with E-state index in [2.05, 4.69) is 0 Å². The van der Waals surface area contributed by atoms with E-state index in [0.717, 1.165) is 18.2 Å². The first-order valence-corrected chi connectivity index (χ1v) is 3.57. The Balaban J connectivity index is 0.00000196. The predicted octanol–water partition coefficient (Wildman–Crippen LogP) is 1.38. The van der Waals surface area contributed by atoms with Gasteiger partial charge in [0, 0.05) is 0 Å². The molecule has 0 bridgehead atoms. The van der Waals surface area contributed by atoms with Gasteiger partial charge in [0.25, 0.3) is 0 Å². The van der Waals surface area contributed by atoms with E-state index in [9.17, 15) is 9.59 Å². The number of rotatable bonds is 2. The van der Waals surface area contributed by atoms with Crippen LogP contribution in [-0.2, 0) is 0 Å². The van der Waals surface area contributed by atoms with Gasteiger partial charge in [-0.05, 0) is 18.2 Å². The topological polar surface area (TPSA) is 98.4 Å². The molecule has 0 atom stereocenters. The fraction of sp³-hybridized carbons (Fsp3) is 0. The summed E-state index contributed by atoms with van der Waals surface area (Å²) in [6, 6.07) is 4.91. The molecule has 0 spiro atoms. The van der Waals surface area contributed by atoms with Crippen LogP contribution in [0.4, 0.5) is 0 Å². The van der Waals surface area contributed by atoms with Crippen molar-refractivity contribution in [2.45, 2.75) is 0 Å². The average Bonchev–Trinajstić information content (AvgIpc) is 2.16. The Hall–Kier alpha value is -2.06. The maximum Gasteiger partial charge on any atom is 0.337 e. The number of hydrogen-bond acceptors (Lipinski definition) is 3. The fourth-order valence-corrected chi connectivity index (χ4v) is 0.956. The molecule has 0 amide bonds. The maximum absolute atomic E-state index is 10.6. The SMILES string of the molecule is Cl.N#Cc1cc(C(=O)O)ccc1C(=O)O. The highest BCUT2D eigenvalue weighted by Gasteiger charge is 2.12. The first-order valence-electron chi connectivity index (χ1n) is 3.57. The van der Waals surface area contributed by atoms with Crippen molar-refractivity contribution in [1.82, 2.24) is 0 Å². The summed E-state index contributed by atoms with van der Waals surface area (Å²) < 4.78 is 0. The van der Waals surface area contributed by atoms with Crippen LogP contribution in [0.5, 0.6) is 0 Å². The minimum Gasteiger partial charge on any atom is -0.478 e. The van der Waals surface area contributed by atoms with Gasteiger partial charge in [-0.3, -0.25) is 0 Å². The van der Waals surface area contributed by atoms with E-state index < -0.39 is 11.9 Å². The van der Waals surface area contributed by atoms with Crippen LogP contribution < -0.4 is 0 Å². The number of nitrogens with zero attached hydrogens (tertiary/aromatic N) is 1. The number of carbonyl (C=O) groups is 2. The summed E-state index contributed by atoms with van der Waals surface area (Å²) in [5, 5.41) is 25.8. The van der Waals surface area contributed by atoms with Crippen LogP contribution in [-0.4, -0.2) is 22.2 Å². The Morgan fingerprint density at radius 1 is 1.20 bits per heavy atom. The molecule has 0 aliphatic rings. The van der Waals surface area contributed by atoms with Gasteiger partial charge in [0.1, 0.15) is 6.07 Å². The van der Waals surface area contributed by atoms with Crippen molar-refractivity contribution in [1.29, 1.82) is 5.26 Å². The molecule has 5 nitrogen and oxygen atoms in total. The molecular formula is C9H6ClNO4. The molecule has 1 aromatic rings. The summed E-state index contributed by atoms with van der Waals surface area (Å²) in [4.78, 5) is 21.1. The van der Waals surface area contributed by atoms with Crippen LogP contribution in [0.15, 0.2) is 18.2 Å². The summed E-state index contributed by atoms with van der Waals surface area (Å²) in [5.74, 6) is -2.45. The van der Waals surface area contributed by atoms with Gasteiger partial charge in [0.15, 0.2) is 0 Å². The van der Waals surface area contributed by atoms with Crippen LogP contribution in [0.3, 0.4) is 0 Å². The van der Waals surface area contributed by atoms with Crippen molar-refractivity contribution in [3.8, 4) is 6.07 Å². The van der Waals surface area contributed by atoms with E-state index in [1.54, 1.807) is 6.07 Å². The fourth-order valence-electron chi connectivity index (χ4n) is 0.956. The number of benzene rings is 1.